The van der Waals surface area contributed by atoms with Gasteiger partial charge in [-0.25, -0.2) is 4.79 Å². The maximum Gasteiger partial charge on any atom is 0.410 e. The second-order valence-electron chi connectivity index (χ2n) is 8.17. The van der Waals surface area contributed by atoms with Crippen LogP contribution in [0.15, 0.2) is 30.3 Å². The Morgan fingerprint density at radius 3 is 1.67 bits per heavy atom. The Morgan fingerprint density at radius 1 is 0.758 bits per heavy atom. The molecule has 0 bridgehead atoms. The van der Waals surface area contributed by atoms with Crippen molar-refractivity contribution in [1.82, 2.24) is 4.90 Å². The number of carbonyl (C=O) groups excluding carboxylic acids is 1. The Bertz CT molecular complexity index is 594. The van der Waals surface area contributed by atoms with Gasteiger partial charge in [-0.2, -0.15) is 0 Å². The van der Waals surface area contributed by atoms with Crippen LogP contribution < -0.4 is 0 Å². The molecular formula is C24H41NO8. The van der Waals surface area contributed by atoms with Crippen molar-refractivity contribution in [3.8, 4) is 0 Å². The molecule has 1 amide bonds. The molecule has 0 heterocycles. The van der Waals surface area contributed by atoms with E-state index in [0.29, 0.717) is 79.2 Å². The van der Waals surface area contributed by atoms with Crippen LogP contribution in [0.1, 0.15) is 26.3 Å². The van der Waals surface area contributed by atoms with Crippen molar-refractivity contribution < 1.29 is 38.3 Å². The van der Waals surface area contributed by atoms with E-state index in [1.54, 1.807) is 4.90 Å². The average molecular weight is 472 g/mol. The lowest BCUT2D eigenvalue weighted by atomic mass is 10.2. The van der Waals surface area contributed by atoms with Gasteiger partial charge in [-0.3, -0.25) is 0 Å². The Hall–Kier alpha value is -1.75. The lowest BCUT2D eigenvalue weighted by molar-refractivity contribution is -0.0157. The normalized spacial score (nSPS) is 11.5. The van der Waals surface area contributed by atoms with E-state index in [9.17, 15) is 4.79 Å². The molecule has 33 heavy (non-hydrogen) atoms. The van der Waals surface area contributed by atoms with Gasteiger partial charge in [-0.15, -0.1) is 0 Å². The van der Waals surface area contributed by atoms with Gasteiger partial charge in [0, 0.05) is 13.1 Å². The molecule has 1 aromatic rings. The molecule has 0 aliphatic carbocycles. The van der Waals surface area contributed by atoms with Crippen LogP contribution in [0.5, 0.6) is 0 Å². The highest BCUT2D eigenvalue weighted by atomic mass is 16.6. The summed E-state index contributed by atoms with van der Waals surface area (Å²) in [7, 11) is 0. The Balaban J connectivity index is 2.08. The van der Waals surface area contributed by atoms with Crippen LogP contribution in [-0.4, -0.2) is 101 Å². The van der Waals surface area contributed by atoms with Crippen LogP contribution in [0.25, 0.3) is 0 Å². The fraction of sp³-hybridized carbons (Fsp3) is 0.708. The van der Waals surface area contributed by atoms with Gasteiger partial charge >= 0.3 is 6.09 Å². The minimum Gasteiger partial charge on any atom is -0.444 e. The third kappa shape index (κ3) is 17.4. The SMILES string of the molecule is CC(C)(C)OC(=O)N(CCOCCOCCOCCOCCOCCO)Cc1ccccc1. The van der Waals surface area contributed by atoms with Gasteiger partial charge in [0.2, 0.25) is 0 Å². The number of rotatable bonds is 19. The quantitative estimate of drug-likeness (QED) is 0.308. The molecule has 1 N–H and O–H groups in total. The summed E-state index contributed by atoms with van der Waals surface area (Å²) in [4.78, 5) is 14.2. The summed E-state index contributed by atoms with van der Waals surface area (Å²) in [5.41, 5.74) is 0.482. The first-order chi connectivity index (χ1) is 15.9. The summed E-state index contributed by atoms with van der Waals surface area (Å²) in [5.74, 6) is 0. The zero-order chi connectivity index (χ0) is 24.2. The number of hydrogen-bond donors (Lipinski definition) is 1. The number of aliphatic hydroxyl groups is 1. The van der Waals surface area contributed by atoms with Gasteiger partial charge in [0.25, 0.3) is 0 Å². The molecule has 0 atom stereocenters. The maximum atomic E-state index is 12.5. The summed E-state index contributed by atoms with van der Waals surface area (Å²) in [6.45, 7) is 11.0. The summed E-state index contributed by atoms with van der Waals surface area (Å²) in [5, 5.41) is 8.57. The topological polar surface area (TPSA) is 95.9 Å². The molecule has 190 valence electrons. The Labute approximate surface area is 197 Å². The highest BCUT2D eigenvalue weighted by molar-refractivity contribution is 5.68. The van der Waals surface area contributed by atoms with Crippen LogP contribution >= 0.6 is 0 Å². The molecule has 9 nitrogen and oxygen atoms in total. The Morgan fingerprint density at radius 2 is 1.21 bits per heavy atom. The second-order valence-corrected chi connectivity index (χ2v) is 8.17. The van der Waals surface area contributed by atoms with E-state index in [0.717, 1.165) is 5.56 Å². The van der Waals surface area contributed by atoms with Gasteiger partial charge < -0.3 is 38.4 Å². The largest absolute Gasteiger partial charge is 0.444 e. The van der Waals surface area contributed by atoms with Crippen LogP contribution in [0.2, 0.25) is 0 Å². The van der Waals surface area contributed by atoms with Crippen LogP contribution in [0.4, 0.5) is 4.79 Å². The molecule has 1 rings (SSSR count). The molecule has 0 aliphatic rings. The van der Waals surface area contributed by atoms with E-state index in [-0.39, 0.29) is 12.7 Å². The molecule has 0 saturated heterocycles. The average Bonchev–Trinajstić information content (AvgIpc) is 2.77. The molecule has 1 aromatic carbocycles. The van der Waals surface area contributed by atoms with Gasteiger partial charge in [0.15, 0.2) is 0 Å². The lowest BCUT2D eigenvalue weighted by Crippen LogP contribution is -2.38. The molecular weight excluding hydrogens is 430 g/mol. The second kappa shape index (κ2) is 18.7. The van der Waals surface area contributed by atoms with E-state index < -0.39 is 5.60 Å². The molecule has 9 heteroatoms. The van der Waals surface area contributed by atoms with Crippen LogP contribution in [0.3, 0.4) is 0 Å². The summed E-state index contributed by atoms with van der Waals surface area (Å²) in [6, 6.07) is 9.80. The summed E-state index contributed by atoms with van der Waals surface area (Å²) < 4.78 is 32.4. The number of amides is 1. The smallest absolute Gasteiger partial charge is 0.410 e. The predicted octanol–water partition coefficient (Wildman–Crippen LogP) is 2.50. The van der Waals surface area contributed by atoms with Crippen molar-refractivity contribution in [2.45, 2.75) is 32.9 Å². The van der Waals surface area contributed by atoms with Gasteiger partial charge in [-0.05, 0) is 26.3 Å². The number of carbonyl (C=O) groups is 1. The number of hydrogen-bond acceptors (Lipinski definition) is 8. The van der Waals surface area contributed by atoms with Crippen molar-refractivity contribution >= 4 is 6.09 Å². The Kier molecular flexibility index (Phi) is 16.6. The fourth-order valence-corrected chi connectivity index (χ4v) is 2.59. The monoisotopic (exact) mass is 471 g/mol. The third-order valence-electron chi connectivity index (χ3n) is 4.10. The highest BCUT2D eigenvalue weighted by Gasteiger charge is 2.22. The number of benzene rings is 1. The molecule has 0 fully saturated rings. The maximum absolute atomic E-state index is 12.5. The van der Waals surface area contributed by atoms with E-state index >= 15 is 0 Å². The van der Waals surface area contributed by atoms with Crippen LogP contribution in [0, 0.1) is 0 Å². The van der Waals surface area contributed by atoms with Crippen molar-refractivity contribution in [3.63, 3.8) is 0 Å². The van der Waals surface area contributed by atoms with E-state index in [1.807, 2.05) is 51.1 Å². The molecule has 0 aliphatic heterocycles. The first-order valence-corrected chi connectivity index (χ1v) is 11.4. The molecule has 0 saturated carbocycles. The standard InChI is InChI=1S/C24H41NO8/c1-24(2,3)33-23(27)25(21-22-7-5-4-6-8-22)9-11-28-13-15-30-17-19-32-20-18-31-16-14-29-12-10-26/h4-8,26H,9-21H2,1-3H3. The molecule has 0 aromatic heterocycles. The van der Waals surface area contributed by atoms with Gasteiger partial charge in [-0.1, -0.05) is 30.3 Å². The number of ether oxygens (including phenoxy) is 6. The zero-order valence-electron chi connectivity index (χ0n) is 20.3. The van der Waals surface area contributed by atoms with Crippen molar-refractivity contribution in [2.75, 3.05) is 79.2 Å². The van der Waals surface area contributed by atoms with E-state index in [2.05, 4.69) is 0 Å². The zero-order valence-corrected chi connectivity index (χ0v) is 20.3. The van der Waals surface area contributed by atoms with E-state index in [4.69, 9.17) is 33.5 Å². The van der Waals surface area contributed by atoms with Gasteiger partial charge in [0.05, 0.1) is 72.7 Å². The number of nitrogens with zero attached hydrogens (tertiary/aromatic N) is 1. The predicted molar refractivity (Wildman–Crippen MR) is 124 cm³/mol. The highest BCUT2D eigenvalue weighted by Crippen LogP contribution is 2.12. The first-order valence-electron chi connectivity index (χ1n) is 11.4. The summed E-state index contributed by atoms with van der Waals surface area (Å²) in [6.07, 6.45) is -0.356. The molecule has 0 spiro atoms. The first kappa shape index (κ1) is 29.3. The van der Waals surface area contributed by atoms with Crippen molar-refractivity contribution in [2.24, 2.45) is 0 Å². The third-order valence-corrected chi connectivity index (χ3v) is 4.10. The van der Waals surface area contributed by atoms with Crippen molar-refractivity contribution in [1.29, 1.82) is 0 Å². The van der Waals surface area contributed by atoms with E-state index in [1.165, 1.54) is 0 Å². The van der Waals surface area contributed by atoms with Crippen LogP contribution in [-0.2, 0) is 35.0 Å². The number of aliphatic hydroxyl groups excluding tert-OH is 1. The minimum atomic E-state index is -0.552. The van der Waals surface area contributed by atoms with Crippen molar-refractivity contribution in [3.05, 3.63) is 35.9 Å². The molecule has 0 radical (unpaired) electrons. The fourth-order valence-electron chi connectivity index (χ4n) is 2.59. The lowest BCUT2D eigenvalue weighted by Gasteiger charge is -2.27. The van der Waals surface area contributed by atoms with Gasteiger partial charge in [0.1, 0.15) is 5.60 Å². The minimum absolute atomic E-state index is 0.0208. The molecule has 0 unspecified atom stereocenters. The summed E-state index contributed by atoms with van der Waals surface area (Å²) >= 11 is 0.